The number of para-hydroxylation sites is 1. The molecule has 0 aliphatic rings. The molecule has 6 rings (SSSR count). The third-order valence-corrected chi connectivity index (χ3v) is 6.93. The van der Waals surface area contributed by atoms with Crippen molar-refractivity contribution in [2.45, 2.75) is 0 Å². The van der Waals surface area contributed by atoms with Gasteiger partial charge >= 0.3 is 0 Å². The summed E-state index contributed by atoms with van der Waals surface area (Å²) >= 11 is 1.30. The molecule has 8 heteroatoms. The van der Waals surface area contributed by atoms with Crippen LogP contribution in [0.3, 0.4) is 0 Å². The molecule has 190 valence electrons. The summed E-state index contributed by atoms with van der Waals surface area (Å²) in [6.45, 7) is 4.12. The van der Waals surface area contributed by atoms with Gasteiger partial charge in [0.15, 0.2) is 5.82 Å². The van der Waals surface area contributed by atoms with E-state index in [0.29, 0.717) is 21.9 Å². The van der Waals surface area contributed by atoms with E-state index >= 15 is 0 Å². The monoisotopic (exact) mass is 529 g/mol. The van der Waals surface area contributed by atoms with Crippen molar-refractivity contribution in [3.63, 3.8) is 0 Å². The summed E-state index contributed by atoms with van der Waals surface area (Å²) < 4.78 is 9.33. The van der Waals surface area contributed by atoms with Crippen molar-refractivity contribution in [3.8, 4) is 22.7 Å². The number of thiazole rings is 1. The molecule has 3 aromatic heterocycles. The predicted molar refractivity (Wildman–Crippen MR) is 156 cm³/mol. The SMILES string of the molecule is C=CCOc1ccc(-c2nn(-c3ccccc3)cc2/C=c2\sc3nc(/C=C/c4ccccc4)nn3c2=O)cc1. The molecule has 0 atom stereocenters. The van der Waals surface area contributed by atoms with Gasteiger partial charge in [0.1, 0.15) is 18.1 Å². The van der Waals surface area contributed by atoms with Crippen LogP contribution >= 0.6 is 11.3 Å². The number of rotatable bonds is 8. The second kappa shape index (κ2) is 10.7. The van der Waals surface area contributed by atoms with Crippen molar-refractivity contribution in [2.75, 3.05) is 6.61 Å². The molecular formula is C31H23N5O2S. The van der Waals surface area contributed by atoms with Crippen molar-refractivity contribution in [1.29, 1.82) is 0 Å². The lowest BCUT2D eigenvalue weighted by molar-refractivity contribution is 0.363. The normalized spacial score (nSPS) is 11.9. The highest BCUT2D eigenvalue weighted by atomic mass is 32.1. The summed E-state index contributed by atoms with van der Waals surface area (Å²) in [5, 5.41) is 9.27. The molecule has 39 heavy (non-hydrogen) atoms. The molecule has 3 aromatic carbocycles. The molecule has 0 fully saturated rings. The van der Waals surface area contributed by atoms with E-state index in [1.165, 1.54) is 15.9 Å². The van der Waals surface area contributed by atoms with Crippen LogP contribution in [0.15, 0.2) is 109 Å². The molecule has 6 aromatic rings. The molecule has 0 aliphatic carbocycles. The Morgan fingerprint density at radius 1 is 0.897 bits per heavy atom. The van der Waals surface area contributed by atoms with Gasteiger partial charge in [0.2, 0.25) is 4.96 Å². The Labute approximate surface area is 228 Å². The number of nitrogens with zero attached hydrogens (tertiary/aromatic N) is 5. The highest BCUT2D eigenvalue weighted by molar-refractivity contribution is 7.15. The maximum Gasteiger partial charge on any atom is 0.291 e. The van der Waals surface area contributed by atoms with Gasteiger partial charge in [-0.25, -0.2) is 4.68 Å². The van der Waals surface area contributed by atoms with Gasteiger partial charge in [-0.2, -0.15) is 14.6 Å². The third-order valence-electron chi connectivity index (χ3n) is 5.97. The maximum absolute atomic E-state index is 13.3. The van der Waals surface area contributed by atoms with Gasteiger partial charge in [0, 0.05) is 17.3 Å². The van der Waals surface area contributed by atoms with Gasteiger partial charge in [-0.15, -0.1) is 5.10 Å². The number of fused-ring (bicyclic) bond motifs is 1. The van der Waals surface area contributed by atoms with E-state index in [-0.39, 0.29) is 5.56 Å². The van der Waals surface area contributed by atoms with Crippen molar-refractivity contribution in [1.82, 2.24) is 24.4 Å². The zero-order chi connectivity index (χ0) is 26.6. The van der Waals surface area contributed by atoms with Crippen LogP contribution in [0.2, 0.25) is 0 Å². The zero-order valence-corrected chi connectivity index (χ0v) is 21.7. The number of aromatic nitrogens is 5. The Morgan fingerprint density at radius 3 is 2.36 bits per heavy atom. The molecule has 0 unspecified atom stereocenters. The van der Waals surface area contributed by atoms with Crippen molar-refractivity contribution >= 4 is 34.5 Å². The average molecular weight is 530 g/mol. The highest BCUT2D eigenvalue weighted by Crippen LogP contribution is 2.26. The van der Waals surface area contributed by atoms with E-state index in [9.17, 15) is 4.79 Å². The van der Waals surface area contributed by atoms with Crippen molar-refractivity contribution < 1.29 is 4.74 Å². The lowest BCUT2D eigenvalue weighted by atomic mass is 10.1. The molecule has 0 bridgehead atoms. The largest absolute Gasteiger partial charge is 0.490 e. The highest BCUT2D eigenvalue weighted by Gasteiger charge is 2.14. The first-order chi connectivity index (χ1) is 19.2. The minimum atomic E-state index is -0.214. The van der Waals surface area contributed by atoms with Crippen LogP contribution in [-0.4, -0.2) is 31.0 Å². The van der Waals surface area contributed by atoms with Crippen LogP contribution in [0.1, 0.15) is 17.0 Å². The van der Waals surface area contributed by atoms with Crippen molar-refractivity contribution in [2.24, 2.45) is 0 Å². The van der Waals surface area contributed by atoms with Crippen LogP contribution in [-0.2, 0) is 0 Å². The molecule has 0 N–H and O–H groups in total. The fourth-order valence-electron chi connectivity index (χ4n) is 4.09. The van der Waals surface area contributed by atoms with Gasteiger partial charge in [-0.1, -0.05) is 78.6 Å². The summed E-state index contributed by atoms with van der Waals surface area (Å²) in [5.74, 6) is 1.24. The van der Waals surface area contributed by atoms with E-state index < -0.39 is 0 Å². The summed E-state index contributed by atoms with van der Waals surface area (Å²) in [5.41, 5.74) is 4.21. The van der Waals surface area contributed by atoms with Crippen LogP contribution < -0.4 is 14.8 Å². The number of hydrogen-bond donors (Lipinski definition) is 0. The number of hydrogen-bond acceptors (Lipinski definition) is 6. The van der Waals surface area contributed by atoms with Gasteiger partial charge in [-0.05, 0) is 54.1 Å². The summed E-state index contributed by atoms with van der Waals surface area (Å²) in [6.07, 6.45) is 9.22. The third kappa shape index (κ3) is 5.18. The van der Waals surface area contributed by atoms with Crippen LogP contribution in [0, 0.1) is 0 Å². The average Bonchev–Trinajstić information content (AvgIpc) is 3.67. The fourth-order valence-corrected chi connectivity index (χ4v) is 5.00. The second-order valence-corrected chi connectivity index (χ2v) is 9.67. The van der Waals surface area contributed by atoms with E-state index in [1.54, 1.807) is 6.08 Å². The first kappa shape index (κ1) is 24.3. The molecule has 0 spiro atoms. The van der Waals surface area contributed by atoms with E-state index in [2.05, 4.69) is 16.7 Å². The molecule has 7 nitrogen and oxygen atoms in total. The van der Waals surface area contributed by atoms with Gasteiger partial charge in [-0.3, -0.25) is 4.79 Å². The molecule has 3 heterocycles. The van der Waals surface area contributed by atoms with E-state index in [4.69, 9.17) is 9.84 Å². The Morgan fingerprint density at radius 2 is 1.64 bits per heavy atom. The summed E-state index contributed by atoms with van der Waals surface area (Å²) in [6, 6.07) is 27.5. The Bertz CT molecular complexity index is 1890. The van der Waals surface area contributed by atoms with Gasteiger partial charge in [0.05, 0.1) is 10.2 Å². The molecular weight excluding hydrogens is 506 g/mol. The smallest absolute Gasteiger partial charge is 0.291 e. The molecule has 0 saturated carbocycles. The Hall–Kier alpha value is -5.08. The van der Waals surface area contributed by atoms with Crippen LogP contribution in [0.25, 0.3) is 40.1 Å². The Kier molecular flexibility index (Phi) is 6.67. The second-order valence-electron chi connectivity index (χ2n) is 8.66. The van der Waals surface area contributed by atoms with Gasteiger partial charge in [0.25, 0.3) is 5.56 Å². The maximum atomic E-state index is 13.3. The minimum Gasteiger partial charge on any atom is -0.490 e. The van der Waals surface area contributed by atoms with Crippen LogP contribution in [0.5, 0.6) is 5.75 Å². The molecule has 0 amide bonds. The standard InChI is InChI=1S/C31H23N5O2S/c1-2-19-38-26-16-14-23(15-17-26)29-24(21-35(34-29)25-11-7-4-8-12-25)20-27-30(37)36-31(39-27)32-28(33-36)18-13-22-9-5-3-6-10-22/h2-18,20-21H,1,19H2/b18-13+,27-20-. The predicted octanol–water partition coefficient (Wildman–Crippen LogP) is 5.29. The molecule has 0 radical (unpaired) electrons. The van der Waals surface area contributed by atoms with Gasteiger partial charge < -0.3 is 4.74 Å². The first-order valence-corrected chi connectivity index (χ1v) is 13.1. The first-order valence-electron chi connectivity index (χ1n) is 12.3. The van der Waals surface area contributed by atoms with Crippen LogP contribution in [0.4, 0.5) is 0 Å². The minimum absolute atomic E-state index is 0.214. The van der Waals surface area contributed by atoms with E-state index in [1.807, 2.05) is 114 Å². The zero-order valence-electron chi connectivity index (χ0n) is 20.8. The molecule has 0 saturated heterocycles. The number of ether oxygens (including phenoxy) is 1. The Balaban J connectivity index is 1.39. The number of benzene rings is 3. The van der Waals surface area contributed by atoms with E-state index in [0.717, 1.165) is 33.8 Å². The van der Waals surface area contributed by atoms with Crippen molar-refractivity contribution in [3.05, 3.63) is 136 Å². The lowest BCUT2D eigenvalue weighted by Crippen LogP contribution is -2.23. The summed E-state index contributed by atoms with van der Waals surface area (Å²) in [4.78, 5) is 18.3. The quantitative estimate of drug-likeness (QED) is 0.251. The molecule has 0 aliphatic heterocycles. The fraction of sp³-hybridized carbons (Fsp3) is 0.0323. The topological polar surface area (TPSA) is 74.3 Å². The summed E-state index contributed by atoms with van der Waals surface area (Å²) in [7, 11) is 0. The lowest BCUT2D eigenvalue weighted by Gasteiger charge is -2.04.